The van der Waals surface area contributed by atoms with Crippen LogP contribution in [0.1, 0.15) is 43.0 Å². The SMILES string of the molecule is COc1ccc(S(=O)(=O)N(CC(=O)N(Cc2c(Cl)cccc2Cl)C(Cc2ccccc2)C(=O)NC(C)(C)C)c2cc(C)cc(C)c2)cc1OC. The van der Waals surface area contributed by atoms with Gasteiger partial charge in [0.15, 0.2) is 11.5 Å². The van der Waals surface area contributed by atoms with Crippen molar-refractivity contribution in [3.8, 4) is 11.5 Å². The van der Waals surface area contributed by atoms with Gasteiger partial charge in [0.2, 0.25) is 11.8 Å². The van der Waals surface area contributed by atoms with Crippen LogP contribution in [0.25, 0.3) is 0 Å². The minimum atomic E-state index is -4.40. The lowest BCUT2D eigenvalue weighted by Crippen LogP contribution is -2.56. The zero-order valence-electron chi connectivity index (χ0n) is 29.3. The molecule has 0 aliphatic carbocycles. The molecule has 9 nitrogen and oxygen atoms in total. The van der Waals surface area contributed by atoms with Gasteiger partial charge in [-0.2, -0.15) is 0 Å². The maximum Gasteiger partial charge on any atom is 0.264 e. The predicted molar refractivity (Wildman–Crippen MR) is 199 cm³/mol. The van der Waals surface area contributed by atoms with Crippen LogP contribution in [-0.4, -0.2) is 57.5 Å². The van der Waals surface area contributed by atoms with E-state index in [-0.39, 0.29) is 29.3 Å². The molecule has 0 fully saturated rings. The number of ether oxygens (including phenoxy) is 2. The van der Waals surface area contributed by atoms with E-state index in [0.717, 1.165) is 21.0 Å². The van der Waals surface area contributed by atoms with Gasteiger partial charge in [-0.05, 0) is 87.7 Å². The minimum absolute atomic E-state index is 0.117. The summed E-state index contributed by atoms with van der Waals surface area (Å²) in [5, 5.41) is 3.61. The summed E-state index contributed by atoms with van der Waals surface area (Å²) in [6.07, 6.45) is 0.141. The fourth-order valence-corrected chi connectivity index (χ4v) is 7.52. The average Bonchev–Trinajstić information content (AvgIpc) is 3.05. The average molecular weight is 741 g/mol. The monoisotopic (exact) mass is 739 g/mol. The first-order chi connectivity index (χ1) is 23.5. The number of nitrogens with zero attached hydrogens (tertiary/aromatic N) is 2. The normalized spacial score (nSPS) is 12.2. The van der Waals surface area contributed by atoms with E-state index in [1.807, 2.05) is 71.0 Å². The molecule has 4 aromatic rings. The molecule has 0 spiro atoms. The molecule has 0 heterocycles. The molecule has 0 aliphatic rings. The number of halogens is 2. The summed E-state index contributed by atoms with van der Waals surface area (Å²) in [6.45, 7) is 8.42. The van der Waals surface area contributed by atoms with Crippen LogP contribution < -0.4 is 19.1 Å². The molecule has 266 valence electrons. The van der Waals surface area contributed by atoms with E-state index in [9.17, 15) is 18.0 Å². The van der Waals surface area contributed by atoms with Crippen LogP contribution in [0.5, 0.6) is 11.5 Å². The number of benzene rings is 4. The summed E-state index contributed by atoms with van der Waals surface area (Å²) >= 11 is 13.2. The second-order valence-corrected chi connectivity index (χ2v) is 15.7. The first-order valence-electron chi connectivity index (χ1n) is 16.0. The molecule has 2 amide bonds. The van der Waals surface area contributed by atoms with Crippen LogP contribution >= 0.6 is 23.2 Å². The van der Waals surface area contributed by atoms with E-state index in [1.54, 1.807) is 30.3 Å². The number of rotatable bonds is 13. The molecule has 1 atom stereocenters. The van der Waals surface area contributed by atoms with E-state index in [4.69, 9.17) is 32.7 Å². The summed E-state index contributed by atoms with van der Waals surface area (Å²) in [6, 6.07) is 22.8. The summed E-state index contributed by atoms with van der Waals surface area (Å²) in [5.74, 6) is -0.512. The van der Waals surface area contributed by atoms with Gasteiger partial charge in [0.05, 0.1) is 24.8 Å². The molecule has 4 aromatic carbocycles. The third-order valence-corrected chi connectivity index (χ3v) is 10.4. The first-order valence-corrected chi connectivity index (χ1v) is 18.1. The lowest BCUT2D eigenvalue weighted by Gasteiger charge is -2.35. The zero-order valence-corrected chi connectivity index (χ0v) is 31.6. The standard InChI is InChI=1S/C38H43Cl2N3O6S/c1-25-18-26(2)20-28(19-25)43(50(46,47)29-16-17-34(48-6)35(22-29)49-7)24-36(44)42(23-30-31(39)14-11-15-32(30)40)33(37(45)41-38(3,4)5)21-27-12-9-8-10-13-27/h8-20,22,33H,21,23-24H2,1-7H3,(H,41,45). The Morgan fingerprint density at radius 3 is 1.98 bits per heavy atom. The van der Waals surface area contributed by atoms with Crippen molar-refractivity contribution in [2.45, 2.75) is 64.1 Å². The third kappa shape index (κ3) is 9.50. The number of anilines is 1. The molecule has 4 rings (SSSR count). The van der Waals surface area contributed by atoms with Gasteiger partial charge in [-0.15, -0.1) is 0 Å². The molecule has 0 bridgehead atoms. The molecule has 0 saturated carbocycles. The van der Waals surface area contributed by atoms with Gasteiger partial charge >= 0.3 is 0 Å². The Morgan fingerprint density at radius 1 is 0.820 bits per heavy atom. The molecule has 0 radical (unpaired) electrons. The van der Waals surface area contributed by atoms with E-state index in [0.29, 0.717) is 21.4 Å². The Bertz CT molecular complexity index is 1910. The van der Waals surface area contributed by atoms with Gasteiger partial charge in [-0.3, -0.25) is 13.9 Å². The number of methoxy groups -OCH3 is 2. The Balaban J connectivity index is 1.90. The maximum atomic E-state index is 14.8. The molecule has 0 aliphatic heterocycles. The number of sulfonamides is 1. The number of amides is 2. The van der Waals surface area contributed by atoms with Crippen LogP contribution in [0.15, 0.2) is 89.8 Å². The van der Waals surface area contributed by atoms with Crippen molar-refractivity contribution < 1.29 is 27.5 Å². The Hall–Kier alpha value is -4.25. The second kappa shape index (κ2) is 16.2. The Morgan fingerprint density at radius 2 is 1.42 bits per heavy atom. The van der Waals surface area contributed by atoms with Crippen molar-refractivity contribution in [2.75, 3.05) is 25.1 Å². The summed E-state index contributed by atoms with van der Waals surface area (Å²) in [7, 11) is -1.54. The van der Waals surface area contributed by atoms with Crippen molar-refractivity contribution in [2.24, 2.45) is 0 Å². The number of carbonyl (C=O) groups is 2. The van der Waals surface area contributed by atoms with Gasteiger partial charge < -0.3 is 19.7 Å². The highest BCUT2D eigenvalue weighted by atomic mass is 35.5. The summed E-state index contributed by atoms with van der Waals surface area (Å²) in [4.78, 5) is 30.2. The first kappa shape index (κ1) is 38.6. The lowest BCUT2D eigenvalue weighted by atomic mass is 10.0. The molecular weight excluding hydrogens is 697 g/mol. The van der Waals surface area contributed by atoms with Crippen molar-refractivity contribution in [3.63, 3.8) is 0 Å². The Labute approximate surface area is 305 Å². The Kier molecular flexibility index (Phi) is 12.5. The molecule has 12 heteroatoms. The largest absolute Gasteiger partial charge is 0.493 e. The lowest BCUT2D eigenvalue weighted by molar-refractivity contribution is -0.140. The highest BCUT2D eigenvalue weighted by Gasteiger charge is 2.36. The minimum Gasteiger partial charge on any atom is -0.493 e. The molecule has 1 N–H and O–H groups in total. The molecule has 0 aromatic heterocycles. The van der Waals surface area contributed by atoms with Gasteiger partial charge in [-0.1, -0.05) is 65.7 Å². The summed E-state index contributed by atoms with van der Waals surface area (Å²) in [5.41, 5.74) is 2.46. The van der Waals surface area contributed by atoms with Gasteiger partial charge in [0.1, 0.15) is 12.6 Å². The van der Waals surface area contributed by atoms with Crippen molar-refractivity contribution in [1.29, 1.82) is 0 Å². The van der Waals surface area contributed by atoms with Gasteiger partial charge in [0, 0.05) is 40.2 Å². The topological polar surface area (TPSA) is 105 Å². The number of carbonyl (C=O) groups excluding carboxylic acids is 2. The molecule has 0 saturated heterocycles. The van der Waals surface area contributed by atoms with Crippen molar-refractivity contribution in [3.05, 3.63) is 117 Å². The van der Waals surface area contributed by atoms with E-state index < -0.39 is 40.0 Å². The second-order valence-electron chi connectivity index (χ2n) is 13.0. The quantitative estimate of drug-likeness (QED) is 0.154. The third-order valence-electron chi connectivity index (χ3n) is 7.88. The van der Waals surface area contributed by atoms with E-state index in [1.165, 1.54) is 37.3 Å². The molecule has 50 heavy (non-hydrogen) atoms. The van der Waals surface area contributed by atoms with E-state index >= 15 is 0 Å². The number of aryl methyl sites for hydroxylation is 2. The van der Waals surface area contributed by atoms with Crippen molar-refractivity contribution in [1.82, 2.24) is 10.2 Å². The molecule has 1 unspecified atom stereocenters. The number of hydrogen-bond acceptors (Lipinski definition) is 6. The zero-order chi connectivity index (χ0) is 36.8. The fraction of sp³-hybridized carbons (Fsp3) is 0.316. The van der Waals surface area contributed by atoms with Gasteiger partial charge in [-0.25, -0.2) is 8.42 Å². The van der Waals surface area contributed by atoms with Crippen LogP contribution in [0, 0.1) is 13.8 Å². The summed E-state index contributed by atoms with van der Waals surface area (Å²) < 4.78 is 40.9. The highest BCUT2D eigenvalue weighted by molar-refractivity contribution is 7.92. The highest BCUT2D eigenvalue weighted by Crippen LogP contribution is 2.34. The van der Waals surface area contributed by atoms with Crippen LogP contribution in [-0.2, 0) is 32.6 Å². The maximum absolute atomic E-state index is 14.8. The van der Waals surface area contributed by atoms with Crippen LogP contribution in [0.2, 0.25) is 10.0 Å². The van der Waals surface area contributed by atoms with Crippen LogP contribution in [0.4, 0.5) is 5.69 Å². The van der Waals surface area contributed by atoms with Gasteiger partial charge in [0.25, 0.3) is 10.0 Å². The van der Waals surface area contributed by atoms with E-state index in [2.05, 4.69) is 5.32 Å². The van der Waals surface area contributed by atoms with Crippen LogP contribution in [0.3, 0.4) is 0 Å². The fourth-order valence-electron chi connectivity index (χ4n) is 5.59. The molecular formula is C38H43Cl2N3O6S. The number of hydrogen-bond donors (Lipinski definition) is 1. The number of nitrogens with one attached hydrogen (secondary N) is 1. The smallest absolute Gasteiger partial charge is 0.264 e. The van der Waals surface area contributed by atoms with Crippen molar-refractivity contribution >= 4 is 50.7 Å². The predicted octanol–water partition coefficient (Wildman–Crippen LogP) is 7.38.